The molecule has 0 aliphatic carbocycles. The average Bonchev–Trinajstić information content (AvgIpc) is 2.26. The van der Waals surface area contributed by atoms with Gasteiger partial charge in [0.05, 0.1) is 5.39 Å². The number of hydrogen-bond acceptors (Lipinski definition) is 3. The molecule has 0 unspecified atom stereocenters. The van der Waals surface area contributed by atoms with Crippen LogP contribution in [0.5, 0.6) is 0 Å². The van der Waals surface area contributed by atoms with E-state index in [0.29, 0.717) is 16.5 Å². The fraction of sp³-hybridized carbons (Fsp3) is 0.250. The van der Waals surface area contributed by atoms with Crippen molar-refractivity contribution in [2.24, 2.45) is 0 Å². The fourth-order valence-corrected chi connectivity index (χ4v) is 2.20. The predicted octanol–water partition coefficient (Wildman–Crippen LogP) is 3.21. The second-order valence-electron chi connectivity index (χ2n) is 3.27. The zero-order valence-electron chi connectivity index (χ0n) is 8.74. The Morgan fingerprint density at radius 1 is 1.33 bits per heavy atom. The normalized spacial score (nSPS) is 10.8. The van der Waals surface area contributed by atoms with Gasteiger partial charge in [-0.25, -0.2) is 0 Å². The van der Waals surface area contributed by atoms with Crippen LogP contribution in [-0.2, 0) is 0 Å². The van der Waals surface area contributed by atoms with E-state index in [1.54, 1.807) is 17.8 Å². The molecule has 3 heteroatoms. The van der Waals surface area contributed by atoms with Crippen LogP contribution in [0.25, 0.3) is 11.0 Å². The van der Waals surface area contributed by atoms with Gasteiger partial charge in [-0.05, 0) is 24.8 Å². The molecular formula is C12H12O2S. The van der Waals surface area contributed by atoms with E-state index in [1.807, 2.05) is 32.0 Å². The van der Waals surface area contributed by atoms with E-state index in [9.17, 15) is 4.79 Å². The van der Waals surface area contributed by atoms with Crippen LogP contribution >= 0.6 is 11.8 Å². The summed E-state index contributed by atoms with van der Waals surface area (Å²) >= 11 is 1.56. The number of hydrogen-bond donors (Lipinski definition) is 0. The highest BCUT2D eigenvalue weighted by atomic mass is 32.2. The molecule has 2 rings (SSSR count). The first-order chi connectivity index (χ1) is 7.24. The van der Waals surface area contributed by atoms with Crippen LogP contribution in [0.2, 0.25) is 0 Å². The van der Waals surface area contributed by atoms with Gasteiger partial charge < -0.3 is 4.42 Å². The summed E-state index contributed by atoms with van der Waals surface area (Å²) in [7, 11) is 0. The van der Waals surface area contributed by atoms with Gasteiger partial charge in [-0.2, -0.15) is 0 Å². The smallest absolute Gasteiger partial charge is 0.196 e. The van der Waals surface area contributed by atoms with E-state index in [2.05, 4.69) is 0 Å². The van der Waals surface area contributed by atoms with Crippen molar-refractivity contribution in [2.75, 3.05) is 5.75 Å². The lowest BCUT2D eigenvalue weighted by Gasteiger charge is -2.04. The third-order valence-electron chi connectivity index (χ3n) is 2.26. The second-order valence-corrected chi connectivity index (χ2v) is 4.51. The van der Waals surface area contributed by atoms with E-state index in [0.717, 1.165) is 10.8 Å². The van der Waals surface area contributed by atoms with Gasteiger partial charge >= 0.3 is 0 Å². The SMILES string of the molecule is CCSc1oc2ccccc2c(=O)c1C. The first-order valence-electron chi connectivity index (χ1n) is 4.89. The van der Waals surface area contributed by atoms with E-state index in [4.69, 9.17) is 4.42 Å². The highest BCUT2D eigenvalue weighted by Crippen LogP contribution is 2.23. The Morgan fingerprint density at radius 2 is 2.07 bits per heavy atom. The van der Waals surface area contributed by atoms with E-state index >= 15 is 0 Å². The van der Waals surface area contributed by atoms with Gasteiger partial charge in [0, 0.05) is 5.56 Å². The Hall–Kier alpha value is -1.22. The molecule has 2 aromatic rings. The molecule has 15 heavy (non-hydrogen) atoms. The zero-order chi connectivity index (χ0) is 10.8. The summed E-state index contributed by atoms with van der Waals surface area (Å²) in [5, 5.41) is 1.40. The molecule has 0 bridgehead atoms. The number of rotatable bonds is 2. The summed E-state index contributed by atoms with van der Waals surface area (Å²) in [4.78, 5) is 12.0. The molecule has 1 heterocycles. The van der Waals surface area contributed by atoms with Gasteiger partial charge in [-0.3, -0.25) is 4.79 Å². The van der Waals surface area contributed by atoms with Crippen LogP contribution in [-0.4, -0.2) is 5.75 Å². The maximum absolute atomic E-state index is 12.0. The molecular weight excluding hydrogens is 208 g/mol. The van der Waals surface area contributed by atoms with Crippen molar-refractivity contribution >= 4 is 22.7 Å². The van der Waals surface area contributed by atoms with Crippen molar-refractivity contribution < 1.29 is 4.42 Å². The molecule has 0 saturated carbocycles. The predicted molar refractivity (Wildman–Crippen MR) is 63.6 cm³/mol. The molecule has 0 aliphatic heterocycles. The van der Waals surface area contributed by atoms with Crippen molar-refractivity contribution in [3.8, 4) is 0 Å². The van der Waals surface area contributed by atoms with Gasteiger partial charge in [0.25, 0.3) is 0 Å². The van der Waals surface area contributed by atoms with Crippen molar-refractivity contribution in [1.29, 1.82) is 0 Å². The van der Waals surface area contributed by atoms with Crippen molar-refractivity contribution in [3.63, 3.8) is 0 Å². The lowest BCUT2D eigenvalue weighted by Crippen LogP contribution is -2.06. The Bertz CT molecular complexity index is 543. The molecule has 0 aliphatic rings. The fourth-order valence-electron chi connectivity index (χ4n) is 1.48. The van der Waals surface area contributed by atoms with Crippen LogP contribution < -0.4 is 5.43 Å². The highest BCUT2D eigenvalue weighted by molar-refractivity contribution is 7.99. The number of thioether (sulfide) groups is 1. The monoisotopic (exact) mass is 220 g/mol. The molecule has 78 valence electrons. The van der Waals surface area contributed by atoms with Crippen LogP contribution in [0.4, 0.5) is 0 Å². The number of benzene rings is 1. The molecule has 0 atom stereocenters. The molecule has 0 saturated heterocycles. The Kier molecular flexibility index (Phi) is 2.82. The van der Waals surface area contributed by atoms with Gasteiger partial charge in [-0.1, -0.05) is 30.8 Å². The van der Waals surface area contributed by atoms with Crippen LogP contribution in [0.1, 0.15) is 12.5 Å². The molecule has 0 spiro atoms. The lowest BCUT2D eigenvalue weighted by atomic mass is 10.2. The first-order valence-corrected chi connectivity index (χ1v) is 5.88. The molecule has 1 aromatic heterocycles. The van der Waals surface area contributed by atoms with Gasteiger partial charge in [0.15, 0.2) is 10.5 Å². The Morgan fingerprint density at radius 3 is 2.80 bits per heavy atom. The minimum Gasteiger partial charge on any atom is -0.449 e. The maximum atomic E-state index is 12.0. The first kappa shape index (κ1) is 10.3. The summed E-state index contributed by atoms with van der Waals surface area (Å²) in [6.07, 6.45) is 0. The summed E-state index contributed by atoms with van der Waals surface area (Å²) in [5.74, 6) is 0.905. The average molecular weight is 220 g/mol. The minimum absolute atomic E-state index is 0.0767. The third-order valence-corrected chi connectivity index (χ3v) is 3.20. The maximum Gasteiger partial charge on any atom is 0.196 e. The lowest BCUT2D eigenvalue weighted by molar-refractivity contribution is 0.492. The van der Waals surface area contributed by atoms with Crippen molar-refractivity contribution in [2.45, 2.75) is 18.9 Å². The molecule has 2 nitrogen and oxygen atoms in total. The van der Waals surface area contributed by atoms with Crippen molar-refractivity contribution in [1.82, 2.24) is 0 Å². The molecule has 1 aromatic carbocycles. The molecule has 0 radical (unpaired) electrons. The Labute approximate surface area is 92.3 Å². The molecule has 0 fully saturated rings. The number of fused-ring (bicyclic) bond motifs is 1. The summed E-state index contributed by atoms with van der Waals surface area (Å²) in [6, 6.07) is 7.36. The van der Waals surface area contributed by atoms with Crippen LogP contribution in [0, 0.1) is 6.92 Å². The third kappa shape index (κ3) is 1.79. The van der Waals surface area contributed by atoms with E-state index in [1.165, 1.54) is 0 Å². The topological polar surface area (TPSA) is 30.2 Å². The van der Waals surface area contributed by atoms with E-state index < -0.39 is 0 Å². The van der Waals surface area contributed by atoms with Crippen LogP contribution in [0.15, 0.2) is 38.6 Å². The Balaban J connectivity index is 2.77. The van der Waals surface area contributed by atoms with Gasteiger partial charge in [0.1, 0.15) is 5.58 Å². The number of para-hydroxylation sites is 1. The summed E-state index contributed by atoms with van der Waals surface area (Å²) < 4.78 is 5.68. The summed E-state index contributed by atoms with van der Waals surface area (Å²) in [5.41, 5.74) is 1.46. The minimum atomic E-state index is 0.0767. The van der Waals surface area contributed by atoms with E-state index in [-0.39, 0.29) is 5.43 Å². The molecule has 0 N–H and O–H groups in total. The van der Waals surface area contributed by atoms with Crippen LogP contribution in [0.3, 0.4) is 0 Å². The second kappa shape index (κ2) is 4.11. The summed E-state index contributed by atoms with van der Waals surface area (Å²) in [6.45, 7) is 3.86. The highest BCUT2D eigenvalue weighted by Gasteiger charge is 2.09. The standard InChI is InChI=1S/C12H12O2S/c1-3-15-12-8(2)11(13)9-6-4-5-7-10(9)14-12/h4-7H,3H2,1-2H3. The van der Waals surface area contributed by atoms with Gasteiger partial charge in [0.2, 0.25) is 0 Å². The largest absolute Gasteiger partial charge is 0.449 e. The zero-order valence-corrected chi connectivity index (χ0v) is 9.56. The quantitative estimate of drug-likeness (QED) is 0.728. The van der Waals surface area contributed by atoms with Crippen molar-refractivity contribution in [3.05, 3.63) is 40.1 Å². The van der Waals surface area contributed by atoms with Gasteiger partial charge in [-0.15, -0.1) is 0 Å². The molecule has 0 amide bonds.